The monoisotopic (exact) mass is 290 g/mol. The molecule has 0 unspecified atom stereocenters. The van der Waals surface area contributed by atoms with Gasteiger partial charge in [0.25, 0.3) is 0 Å². The topological polar surface area (TPSA) is 57.4 Å². The maximum absolute atomic E-state index is 8.44. The van der Waals surface area contributed by atoms with Gasteiger partial charge in [0.05, 0.1) is 0 Å². The highest BCUT2D eigenvalue weighted by atomic mass is 79.9. The van der Waals surface area contributed by atoms with Gasteiger partial charge in [-0.05, 0) is 34.1 Å². The molecular formula is C12H11BrN4. The lowest BCUT2D eigenvalue weighted by molar-refractivity contribution is 0.907. The Morgan fingerprint density at radius 3 is 2.00 bits per heavy atom. The van der Waals surface area contributed by atoms with E-state index in [9.17, 15) is 0 Å². The van der Waals surface area contributed by atoms with Crippen LogP contribution in [0.1, 0.15) is 11.4 Å². The molecule has 2 rings (SSSR count). The van der Waals surface area contributed by atoms with Crippen LogP contribution in [0.3, 0.4) is 0 Å². The van der Waals surface area contributed by atoms with E-state index in [1.54, 1.807) is 21.3 Å². The minimum atomic E-state index is 0.668. The minimum absolute atomic E-state index is 0.668. The van der Waals surface area contributed by atoms with Gasteiger partial charge < -0.3 is 9.13 Å². The van der Waals surface area contributed by atoms with Gasteiger partial charge in [0, 0.05) is 31.0 Å². The van der Waals surface area contributed by atoms with Crippen molar-refractivity contribution in [1.82, 2.24) is 9.13 Å². The first-order valence-corrected chi connectivity index (χ1v) is 5.61. The summed E-state index contributed by atoms with van der Waals surface area (Å²) in [6.45, 7) is 0. The second-order valence-electron chi connectivity index (χ2n) is 3.38. The maximum atomic E-state index is 8.44. The van der Waals surface area contributed by atoms with E-state index in [2.05, 4.69) is 15.9 Å². The van der Waals surface area contributed by atoms with E-state index in [1.807, 2.05) is 44.7 Å². The summed E-state index contributed by atoms with van der Waals surface area (Å²) in [5.74, 6) is 0. The van der Waals surface area contributed by atoms with Crippen molar-refractivity contribution in [2.24, 2.45) is 14.1 Å². The summed E-state index contributed by atoms with van der Waals surface area (Å²) in [7, 11) is 3.68. The lowest BCUT2D eigenvalue weighted by Crippen LogP contribution is -1.86. The first-order chi connectivity index (χ1) is 8.08. The quantitative estimate of drug-likeness (QED) is 0.749. The van der Waals surface area contributed by atoms with Gasteiger partial charge >= 0.3 is 0 Å². The molecule has 0 aliphatic rings. The smallest absolute Gasteiger partial charge is 0.121 e. The summed E-state index contributed by atoms with van der Waals surface area (Å²) >= 11 is 3.25. The Hall–Kier alpha value is -1.98. The first kappa shape index (κ1) is 13.1. The minimum Gasteiger partial charge on any atom is -0.343 e. The van der Waals surface area contributed by atoms with Crippen LogP contribution in [-0.2, 0) is 14.1 Å². The third-order valence-corrected chi connectivity index (χ3v) is 2.58. The summed E-state index contributed by atoms with van der Waals surface area (Å²) < 4.78 is 4.49. The molecule has 0 amide bonds. The van der Waals surface area contributed by atoms with E-state index in [4.69, 9.17) is 10.5 Å². The third kappa shape index (κ3) is 3.51. The molecule has 0 saturated heterocycles. The van der Waals surface area contributed by atoms with Crippen molar-refractivity contribution in [2.45, 2.75) is 0 Å². The number of nitriles is 2. The number of aromatic nitrogens is 2. The molecule has 0 saturated carbocycles. The molecule has 2 aromatic heterocycles. The molecule has 2 aromatic rings. The fraction of sp³-hybridized carbons (Fsp3) is 0.167. The Morgan fingerprint density at radius 2 is 1.76 bits per heavy atom. The molecule has 86 valence electrons. The maximum Gasteiger partial charge on any atom is 0.121 e. The molecule has 0 aromatic carbocycles. The molecule has 0 bridgehead atoms. The van der Waals surface area contributed by atoms with Crippen molar-refractivity contribution in [3.8, 4) is 12.1 Å². The summed E-state index contributed by atoms with van der Waals surface area (Å²) in [6.07, 6.45) is 3.69. The van der Waals surface area contributed by atoms with E-state index in [-0.39, 0.29) is 0 Å². The Balaban J connectivity index is 0.000000171. The highest BCUT2D eigenvalue weighted by Gasteiger charge is 1.96. The molecule has 0 aliphatic carbocycles. The molecule has 0 aliphatic heterocycles. The third-order valence-electron chi connectivity index (χ3n) is 2.14. The zero-order valence-electron chi connectivity index (χ0n) is 9.55. The van der Waals surface area contributed by atoms with Crippen molar-refractivity contribution < 1.29 is 0 Å². The fourth-order valence-corrected chi connectivity index (χ4v) is 1.74. The van der Waals surface area contributed by atoms with Crippen LogP contribution in [0.15, 0.2) is 35.1 Å². The van der Waals surface area contributed by atoms with E-state index in [0.717, 1.165) is 4.47 Å². The summed E-state index contributed by atoms with van der Waals surface area (Å²) in [4.78, 5) is 0. The Labute approximate surface area is 108 Å². The van der Waals surface area contributed by atoms with Gasteiger partial charge in [-0.25, -0.2) is 0 Å². The predicted octanol–water partition coefficient (Wildman–Crippen LogP) is 2.56. The van der Waals surface area contributed by atoms with Crippen LogP contribution >= 0.6 is 15.9 Å². The van der Waals surface area contributed by atoms with Gasteiger partial charge in [-0.3, -0.25) is 0 Å². The molecule has 0 fully saturated rings. The fourth-order valence-electron chi connectivity index (χ4n) is 1.21. The van der Waals surface area contributed by atoms with Crippen molar-refractivity contribution in [1.29, 1.82) is 10.5 Å². The van der Waals surface area contributed by atoms with Gasteiger partial charge in [0.2, 0.25) is 0 Å². The molecule has 5 heteroatoms. The van der Waals surface area contributed by atoms with Crippen molar-refractivity contribution in [3.63, 3.8) is 0 Å². The molecule has 0 spiro atoms. The van der Waals surface area contributed by atoms with Gasteiger partial charge in [-0.15, -0.1) is 0 Å². The summed E-state index contributed by atoms with van der Waals surface area (Å²) in [5.41, 5.74) is 1.37. The van der Waals surface area contributed by atoms with Crippen LogP contribution in [0.5, 0.6) is 0 Å². The van der Waals surface area contributed by atoms with Crippen LogP contribution in [0, 0.1) is 22.7 Å². The second kappa shape index (κ2) is 5.93. The SMILES string of the molecule is Cn1cc(Br)cc1C#N.Cn1cccc1C#N. The van der Waals surface area contributed by atoms with Crippen LogP contribution in [0.25, 0.3) is 0 Å². The number of hydrogen-bond acceptors (Lipinski definition) is 2. The van der Waals surface area contributed by atoms with E-state index >= 15 is 0 Å². The first-order valence-electron chi connectivity index (χ1n) is 4.82. The van der Waals surface area contributed by atoms with Crippen LogP contribution in [-0.4, -0.2) is 9.13 Å². The molecule has 0 atom stereocenters. The van der Waals surface area contributed by atoms with Gasteiger partial charge in [-0.2, -0.15) is 10.5 Å². The molecule has 0 N–H and O–H groups in total. The molecule has 0 radical (unpaired) electrons. The van der Waals surface area contributed by atoms with Crippen molar-refractivity contribution in [2.75, 3.05) is 0 Å². The van der Waals surface area contributed by atoms with Crippen LogP contribution < -0.4 is 0 Å². The standard InChI is InChI=1S/C6H5BrN2.C6H6N2/c1-9-4-5(7)2-6(9)3-8;1-8-4-2-3-6(8)5-7/h2,4H,1H3;2-4H,1H3. The largest absolute Gasteiger partial charge is 0.343 e. The number of hydrogen-bond donors (Lipinski definition) is 0. The van der Waals surface area contributed by atoms with E-state index in [0.29, 0.717) is 11.4 Å². The second-order valence-corrected chi connectivity index (χ2v) is 4.30. The van der Waals surface area contributed by atoms with Crippen molar-refractivity contribution in [3.05, 3.63) is 46.5 Å². The zero-order valence-corrected chi connectivity index (χ0v) is 11.1. The number of halogens is 1. The predicted molar refractivity (Wildman–Crippen MR) is 68.0 cm³/mol. The summed E-state index contributed by atoms with van der Waals surface area (Å²) in [6, 6.07) is 9.49. The number of rotatable bonds is 0. The average molecular weight is 291 g/mol. The van der Waals surface area contributed by atoms with Crippen LogP contribution in [0.2, 0.25) is 0 Å². The van der Waals surface area contributed by atoms with Crippen LogP contribution in [0.4, 0.5) is 0 Å². The normalized spacial score (nSPS) is 8.76. The number of nitrogens with zero attached hydrogens (tertiary/aromatic N) is 4. The van der Waals surface area contributed by atoms with Gasteiger partial charge in [0.1, 0.15) is 23.5 Å². The number of aryl methyl sites for hydroxylation is 2. The Morgan fingerprint density at radius 1 is 1.12 bits per heavy atom. The highest BCUT2D eigenvalue weighted by Crippen LogP contribution is 2.11. The lowest BCUT2D eigenvalue weighted by Gasteiger charge is -1.86. The van der Waals surface area contributed by atoms with E-state index in [1.165, 1.54) is 0 Å². The molecule has 2 heterocycles. The Kier molecular flexibility index (Phi) is 4.56. The molecule has 4 nitrogen and oxygen atoms in total. The molecule has 17 heavy (non-hydrogen) atoms. The average Bonchev–Trinajstić information content (AvgIpc) is 2.85. The summed E-state index contributed by atoms with van der Waals surface area (Å²) in [5, 5.41) is 16.8. The highest BCUT2D eigenvalue weighted by molar-refractivity contribution is 9.10. The van der Waals surface area contributed by atoms with Gasteiger partial charge in [0.15, 0.2) is 0 Å². The molecular weight excluding hydrogens is 280 g/mol. The van der Waals surface area contributed by atoms with Gasteiger partial charge in [-0.1, -0.05) is 0 Å². The van der Waals surface area contributed by atoms with Crippen molar-refractivity contribution >= 4 is 15.9 Å². The van der Waals surface area contributed by atoms with E-state index < -0.39 is 0 Å². The zero-order chi connectivity index (χ0) is 12.8. The lowest BCUT2D eigenvalue weighted by atomic mass is 10.5. The Bertz CT molecular complexity index is 580.